The molecule has 0 saturated carbocycles. The van der Waals surface area contributed by atoms with Gasteiger partial charge in [0.05, 0.1) is 0 Å². The number of hydrogen-bond donors (Lipinski definition) is 0. The van der Waals surface area contributed by atoms with Gasteiger partial charge in [-0.1, -0.05) is 0 Å². The maximum atomic E-state index is 11.7. The van der Waals surface area contributed by atoms with Gasteiger partial charge >= 0.3 is 90.5 Å². The summed E-state index contributed by atoms with van der Waals surface area (Å²) in [6.07, 6.45) is 0.740. The van der Waals surface area contributed by atoms with E-state index in [1.54, 1.807) is 0 Å². The molecule has 0 aliphatic carbocycles. The molecule has 1 rings (SSSR count). The van der Waals surface area contributed by atoms with Gasteiger partial charge in [-0.25, -0.2) is 0 Å². The summed E-state index contributed by atoms with van der Waals surface area (Å²) < 4.78 is 1.16. The Labute approximate surface area is 90.4 Å². The van der Waals surface area contributed by atoms with Gasteiger partial charge in [0.1, 0.15) is 0 Å². The van der Waals surface area contributed by atoms with E-state index in [1.807, 2.05) is 30.3 Å². The van der Waals surface area contributed by atoms with Crippen molar-refractivity contribution in [2.45, 2.75) is 25.7 Å². The quantitative estimate of drug-likeness (QED) is 0.613. The van der Waals surface area contributed by atoms with Gasteiger partial charge < -0.3 is 0 Å². The van der Waals surface area contributed by atoms with Crippen molar-refractivity contribution in [3.8, 4) is 0 Å². The molecule has 1 aromatic carbocycles. The van der Waals surface area contributed by atoms with Gasteiger partial charge in [-0.15, -0.1) is 0 Å². The number of rotatable bonds is 4. The van der Waals surface area contributed by atoms with Crippen molar-refractivity contribution >= 4 is 24.2 Å². The van der Waals surface area contributed by atoms with Gasteiger partial charge in [-0.3, -0.25) is 0 Å². The molecule has 14 heavy (non-hydrogen) atoms. The van der Waals surface area contributed by atoms with Crippen LogP contribution in [-0.4, -0.2) is 24.2 Å². The van der Waals surface area contributed by atoms with E-state index in [0.29, 0.717) is 5.78 Å². The van der Waals surface area contributed by atoms with Gasteiger partial charge in [-0.05, 0) is 0 Å². The van der Waals surface area contributed by atoms with Crippen LogP contribution in [-0.2, 0) is 0 Å². The third kappa shape index (κ3) is 4.27. The van der Waals surface area contributed by atoms with E-state index < -0.39 is 18.4 Å². The van der Waals surface area contributed by atoms with Crippen molar-refractivity contribution in [3.05, 3.63) is 35.9 Å². The van der Waals surface area contributed by atoms with Crippen LogP contribution in [0.2, 0.25) is 19.3 Å². The summed E-state index contributed by atoms with van der Waals surface area (Å²) in [5.74, 6) is 0.303. The number of Topliss-reactive ketones (excluding diaryl/α,β-unsaturated/α-hetero) is 1. The molecule has 0 unspecified atom stereocenters. The van der Waals surface area contributed by atoms with Crippen LogP contribution in [0.3, 0.4) is 0 Å². The molecule has 0 aromatic heterocycles. The summed E-state index contributed by atoms with van der Waals surface area (Å²) in [5, 5.41) is 0. The molecule has 76 valence electrons. The monoisotopic (exact) mass is 298 g/mol. The van der Waals surface area contributed by atoms with Gasteiger partial charge in [0, 0.05) is 0 Å². The summed E-state index contributed by atoms with van der Waals surface area (Å²) >= 11 is -1.75. The average molecular weight is 297 g/mol. The fraction of sp³-hybridized carbons (Fsp3) is 0.417. The van der Waals surface area contributed by atoms with Gasteiger partial charge in [0.15, 0.2) is 0 Å². The van der Waals surface area contributed by atoms with Gasteiger partial charge in [-0.2, -0.15) is 0 Å². The average Bonchev–Trinajstić information content (AvgIpc) is 2.14. The molecule has 2 heteroatoms. The Morgan fingerprint density at radius 2 is 1.71 bits per heavy atom. The predicted molar refractivity (Wildman–Crippen MR) is 63.5 cm³/mol. The molecular formula is C12H18OSn. The third-order valence-corrected chi connectivity index (χ3v) is 7.19. The van der Waals surface area contributed by atoms with E-state index in [0.717, 1.165) is 16.4 Å². The SMILES string of the molecule is [CH3][Sn]([CH3])([CH3])[CH2]CC(=O)c1ccccc1. The van der Waals surface area contributed by atoms with Crippen LogP contribution < -0.4 is 0 Å². The fourth-order valence-corrected chi connectivity index (χ4v) is 4.05. The number of carbonyl (C=O) groups excluding carboxylic acids is 1. The zero-order valence-electron chi connectivity index (χ0n) is 9.21. The minimum absolute atomic E-state index is 0.303. The Balaban J connectivity index is 2.52. The maximum absolute atomic E-state index is 11.7. The molecule has 0 amide bonds. The molecule has 0 atom stereocenters. The van der Waals surface area contributed by atoms with E-state index in [9.17, 15) is 4.79 Å². The van der Waals surface area contributed by atoms with Crippen LogP contribution >= 0.6 is 0 Å². The van der Waals surface area contributed by atoms with Crippen molar-refractivity contribution in [2.24, 2.45) is 0 Å². The number of ketones is 1. The second-order valence-electron chi connectivity index (χ2n) is 4.85. The Hall–Kier alpha value is -0.311. The molecular weight excluding hydrogens is 279 g/mol. The summed E-state index contributed by atoms with van der Waals surface area (Å²) in [6.45, 7) is 0. The summed E-state index contributed by atoms with van der Waals surface area (Å²) in [5.41, 5.74) is 0.864. The molecule has 0 spiro atoms. The predicted octanol–water partition coefficient (Wildman–Crippen LogP) is 3.60. The van der Waals surface area contributed by atoms with E-state index >= 15 is 0 Å². The summed E-state index contributed by atoms with van der Waals surface area (Å²) in [6, 6.07) is 9.60. The van der Waals surface area contributed by atoms with Crippen molar-refractivity contribution in [3.63, 3.8) is 0 Å². The van der Waals surface area contributed by atoms with E-state index in [4.69, 9.17) is 0 Å². The standard InChI is InChI=1S/C9H9O.3CH3.Sn/c1-2-9(10)8-6-4-3-5-7-8;;;;/h3-7H,1-2H2;3*1H3;. The Kier molecular flexibility index (Phi) is 4.17. The van der Waals surface area contributed by atoms with Crippen LogP contribution in [0.4, 0.5) is 0 Å². The second kappa shape index (κ2) is 4.96. The molecule has 0 fully saturated rings. The van der Waals surface area contributed by atoms with E-state index in [1.165, 1.54) is 0 Å². The van der Waals surface area contributed by atoms with Gasteiger partial charge in [0.2, 0.25) is 0 Å². The number of carbonyl (C=O) groups is 1. The Bertz CT molecular complexity index is 298. The number of benzene rings is 1. The first-order valence-electron chi connectivity index (χ1n) is 5.07. The molecule has 0 saturated heterocycles. The molecule has 0 heterocycles. The first kappa shape index (κ1) is 11.8. The van der Waals surface area contributed by atoms with Gasteiger partial charge in [0.25, 0.3) is 0 Å². The van der Waals surface area contributed by atoms with Crippen LogP contribution in [0, 0.1) is 0 Å². The van der Waals surface area contributed by atoms with E-state index in [2.05, 4.69) is 14.8 Å². The summed E-state index contributed by atoms with van der Waals surface area (Å²) in [7, 11) is 0. The Morgan fingerprint density at radius 3 is 2.21 bits per heavy atom. The van der Waals surface area contributed by atoms with Crippen molar-refractivity contribution in [2.75, 3.05) is 0 Å². The summed E-state index contributed by atoms with van der Waals surface area (Å²) in [4.78, 5) is 18.8. The van der Waals surface area contributed by atoms with E-state index in [-0.39, 0.29) is 0 Å². The topological polar surface area (TPSA) is 17.1 Å². The zero-order valence-corrected chi connectivity index (χ0v) is 12.1. The van der Waals surface area contributed by atoms with Crippen molar-refractivity contribution in [1.29, 1.82) is 0 Å². The van der Waals surface area contributed by atoms with Crippen LogP contribution in [0.15, 0.2) is 30.3 Å². The third-order valence-electron chi connectivity index (χ3n) is 2.20. The normalized spacial score (nSPS) is 11.4. The minimum atomic E-state index is -1.75. The molecule has 0 bridgehead atoms. The first-order chi connectivity index (χ1) is 6.49. The molecule has 0 radical (unpaired) electrons. The molecule has 1 nitrogen and oxygen atoms in total. The molecule has 0 aliphatic rings. The molecule has 0 N–H and O–H groups in total. The molecule has 1 aromatic rings. The number of hydrogen-bond acceptors (Lipinski definition) is 1. The zero-order chi connectivity index (χ0) is 10.6. The van der Waals surface area contributed by atoms with Crippen molar-refractivity contribution < 1.29 is 4.79 Å². The Morgan fingerprint density at radius 1 is 1.14 bits per heavy atom. The van der Waals surface area contributed by atoms with Crippen LogP contribution in [0.25, 0.3) is 0 Å². The van der Waals surface area contributed by atoms with Crippen LogP contribution in [0.1, 0.15) is 16.8 Å². The van der Waals surface area contributed by atoms with Crippen LogP contribution in [0.5, 0.6) is 0 Å². The second-order valence-corrected chi connectivity index (χ2v) is 20.9. The fourth-order valence-electron chi connectivity index (χ4n) is 1.26. The first-order valence-corrected chi connectivity index (χ1v) is 15.7. The van der Waals surface area contributed by atoms with Crippen molar-refractivity contribution in [1.82, 2.24) is 0 Å². The molecule has 0 aliphatic heterocycles.